The summed E-state index contributed by atoms with van der Waals surface area (Å²) in [7, 11) is -3.57. The van der Waals surface area contributed by atoms with E-state index in [4.69, 9.17) is 23.2 Å². The van der Waals surface area contributed by atoms with Gasteiger partial charge in [0.25, 0.3) is 0 Å². The maximum Gasteiger partial charge on any atom is 0.243 e. The number of hydrogen-bond acceptors (Lipinski definition) is 4. The van der Waals surface area contributed by atoms with E-state index in [1.165, 1.54) is 6.07 Å². The fourth-order valence-electron chi connectivity index (χ4n) is 1.74. The normalized spacial score (nSPS) is 21.6. The van der Waals surface area contributed by atoms with Gasteiger partial charge in [-0.05, 0) is 25.5 Å². The minimum atomic E-state index is -3.57. The molecule has 4 nitrogen and oxygen atoms in total. The summed E-state index contributed by atoms with van der Waals surface area (Å²) in [5.41, 5.74) is 0. The van der Waals surface area contributed by atoms with Crippen LogP contribution in [-0.2, 0) is 10.0 Å². The highest BCUT2D eigenvalue weighted by Gasteiger charge is 2.25. The Morgan fingerprint density at radius 2 is 2.24 bits per heavy atom. The lowest BCUT2D eigenvalue weighted by molar-refractivity contribution is 0.429. The molecule has 8 heteroatoms. The van der Waals surface area contributed by atoms with Crippen LogP contribution in [0.15, 0.2) is 11.0 Å². The van der Waals surface area contributed by atoms with Gasteiger partial charge in [0.05, 0.1) is 4.34 Å². The molecule has 1 aromatic heterocycles. The van der Waals surface area contributed by atoms with E-state index in [2.05, 4.69) is 10.0 Å². The van der Waals surface area contributed by atoms with Crippen LogP contribution in [0.1, 0.15) is 12.8 Å². The molecular formula is C9H12Cl2N2O2S2. The molecule has 1 saturated heterocycles. The third kappa shape index (κ3) is 3.33. The van der Waals surface area contributed by atoms with E-state index in [0.29, 0.717) is 10.9 Å². The fraction of sp³-hybridized carbons (Fsp3) is 0.556. The van der Waals surface area contributed by atoms with Crippen molar-refractivity contribution in [1.82, 2.24) is 10.0 Å². The van der Waals surface area contributed by atoms with Crippen LogP contribution in [-0.4, -0.2) is 27.5 Å². The number of thiophene rings is 1. The third-order valence-corrected chi connectivity index (χ3v) is 5.81. The van der Waals surface area contributed by atoms with Crippen LogP contribution in [0.3, 0.4) is 0 Å². The van der Waals surface area contributed by atoms with Crippen molar-refractivity contribution < 1.29 is 8.42 Å². The summed E-state index contributed by atoms with van der Waals surface area (Å²) in [4.78, 5) is 0.0692. The standard InChI is InChI=1S/C9H12Cl2N2O2S2/c10-8-4-7(9(11)16-8)17(14,15)13-6-2-1-3-12-5-6/h4,6,12-13H,1-3,5H2/t6-/m1/s1. The fourth-order valence-corrected chi connectivity index (χ4v) is 5.16. The zero-order chi connectivity index (χ0) is 12.5. The first-order chi connectivity index (χ1) is 7.99. The van der Waals surface area contributed by atoms with E-state index in [-0.39, 0.29) is 15.3 Å². The molecule has 0 saturated carbocycles. The Bertz CT molecular complexity index is 495. The average Bonchev–Trinajstić information content (AvgIpc) is 2.59. The molecule has 2 rings (SSSR count). The van der Waals surface area contributed by atoms with Crippen molar-refractivity contribution >= 4 is 44.6 Å². The van der Waals surface area contributed by atoms with Crippen molar-refractivity contribution in [2.45, 2.75) is 23.8 Å². The summed E-state index contributed by atoms with van der Waals surface area (Å²) in [6.07, 6.45) is 1.80. The van der Waals surface area contributed by atoms with Gasteiger partial charge in [-0.25, -0.2) is 13.1 Å². The number of halogens is 2. The SMILES string of the molecule is O=S(=O)(N[C@@H]1CCCNC1)c1cc(Cl)sc1Cl. The second kappa shape index (κ2) is 5.42. The van der Waals surface area contributed by atoms with Gasteiger partial charge in [0, 0.05) is 12.6 Å². The first-order valence-electron chi connectivity index (χ1n) is 5.17. The lowest BCUT2D eigenvalue weighted by Gasteiger charge is -2.23. The molecule has 1 aliphatic heterocycles. The number of sulfonamides is 1. The van der Waals surface area contributed by atoms with Gasteiger partial charge in [-0.1, -0.05) is 23.2 Å². The van der Waals surface area contributed by atoms with Gasteiger partial charge in [-0.15, -0.1) is 11.3 Å². The second-order valence-corrected chi connectivity index (χ2v) is 7.82. The number of rotatable bonds is 3. The summed E-state index contributed by atoms with van der Waals surface area (Å²) in [5.74, 6) is 0. The van der Waals surface area contributed by atoms with E-state index in [9.17, 15) is 8.42 Å². The Morgan fingerprint density at radius 3 is 2.76 bits per heavy atom. The lowest BCUT2D eigenvalue weighted by Crippen LogP contribution is -2.45. The predicted molar refractivity (Wildman–Crippen MR) is 70.6 cm³/mol. The number of nitrogens with one attached hydrogen (secondary N) is 2. The highest BCUT2D eigenvalue weighted by molar-refractivity contribution is 7.89. The Kier molecular flexibility index (Phi) is 4.33. The van der Waals surface area contributed by atoms with Crippen molar-refractivity contribution in [2.75, 3.05) is 13.1 Å². The van der Waals surface area contributed by atoms with E-state index >= 15 is 0 Å². The average molecular weight is 315 g/mol. The first kappa shape index (κ1) is 13.6. The highest BCUT2D eigenvalue weighted by atomic mass is 35.5. The Balaban J connectivity index is 2.15. The molecule has 0 aliphatic carbocycles. The zero-order valence-electron chi connectivity index (χ0n) is 8.87. The van der Waals surface area contributed by atoms with Crippen molar-refractivity contribution in [1.29, 1.82) is 0 Å². The molecule has 0 unspecified atom stereocenters. The molecule has 1 aliphatic rings. The number of hydrogen-bond donors (Lipinski definition) is 2. The monoisotopic (exact) mass is 314 g/mol. The quantitative estimate of drug-likeness (QED) is 0.898. The summed E-state index contributed by atoms with van der Waals surface area (Å²) >= 11 is 12.6. The second-order valence-electron chi connectivity index (χ2n) is 3.85. The molecule has 1 fully saturated rings. The van der Waals surface area contributed by atoms with E-state index < -0.39 is 10.0 Å². The van der Waals surface area contributed by atoms with Crippen LogP contribution >= 0.6 is 34.5 Å². The summed E-state index contributed by atoms with van der Waals surface area (Å²) in [5, 5.41) is 3.15. The molecule has 2 N–H and O–H groups in total. The largest absolute Gasteiger partial charge is 0.315 e. The Morgan fingerprint density at radius 1 is 1.47 bits per heavy atom. The summed E-state index contributed by atoms with van der Waals surface area (Å²) in [6.45, 7) is 1.58. The molecular weight excluding hydrogens is 303 g/mol. The van der Waals surface area contributed by atoms with Crippen molar-refractivity contribution in [3.8, 4) is 0 Å². The molecule has 1 atom stereocenters. The molecule has 2 heterocycles. The van der Waals surface area contributed by atoms with Gasteiger partial charge < -0.3 is 5.32 Å². The zero-order valence-corrected chi connectivity index (χ0v) is 12.0. The Hall–Kier alpha value is 0.150. The minimum Gasteiger partial charge on any atom is -0.315 e. The van der Waals surface area contributed by atoms with Crippen LogP contribution in [0.2, 0.25) is 8.67 Å². The maximum atomic E-state index is 12.1. The van der Waals surface area contributed by atoms with Gasteiger partial charge in [0.1, 0.15) is 9.23 Å². The van der Waals surface area contributed by atoms with Crippen molar-refractivity contribution in [3.05, 3.63) is 14.7 Å². The van der Waals surface area contributed by atoms with Gasteiger partial charge in [-0.3, -0.25) is 0 Å². The topological polar surface area (TPSA) is 58.2 Å². The van der Waals surface area contributed by atoms with Gasteiger partial charge in [0.2, 0.25) is 10.0 Å². The van der Waals surface area contributed by atoms with Gasteiger partial charge in [-0.2, -0.15) is 0 Å². The lowest BCUT2D eigenvalue weighted by atomic mass is 10.1. The van der Waals surface area contributed by atoms with E-state index in [1.807, 2.05) is 0 Å². The molecule has 0 aromatic carbocycles. The van der Waals surface area contributed by atoms with Crippen LogP contribution < -0.4 is 10.0 Å². The van der Waals surface area contributed by atoms with Gasteiger partial charge in [0.15, 0.2) is 0 Å². The predicted octanol–water partition coefficient (Wildman–Crippen LogP) is 2.09. The molecule has 0 bridgehead atoms. The van der Waals surface area contributed by atoms with Crippen LogP contribution in [0.4, 0.5) is 0 Å². The van der Waals surface area contributed by atoms with E-state index in [0.717, 1.165) is 30.7 Å². The summed E-state index contributed by atoms with van der Waals surface area (Å²) in [6, 6.07) is 1.30. The molecule has 0 radical (unpaired) electrons. The molecule has 0 amide bonds. The third-order valence-electron chi connectivity index (χ3n) is 2.53. The first-order valence-corrected chi connectivity index (χ1v) is 8.22. The Labute approximate surface area is 114 Å². The van der Waals surface area contributed by atoms with Crippen LogP contribution in [0.5, 0.6) is 0 Å². The van der Waals surface area contributed by atoms with Crippen molar-refractivity contribution in [3.63, 3.8) is 0 Å². The smallest absolute Gasteiger partial charge is 0.243 e. The molecule has 1 aromatic rings. The maximum absolute atomic E-state index is 12.1. The number of piperidine rings is 1. The highest BCUT2D eigenvalue weighted by Crippen LogP contribution is 2.34. The summed E-state index contributed by atoms with van der Waals surface area (Å²) < 4.78 is 27.3. The van der Waals surface area contributed by atoms with E-state index in [1.54, 1.807) is 0 Å². The van der Waals surface area contributed by atoms with Crippen molar-refractivity contribution in [2.24, 2.45) is 0 Å². The molecule has 17 heavy (non-hydrogen) atoms. The van der Waals surface area contributed by atoms with Crippen LogP contribution in [0.25, 0.3) is 0 Å². The minimum absolute atomic E-state index is 0.0692. The van der Waals surface area contributed by atoms with Gasteiger partial charge >= 0.3 is 0 Å². The molecule has 96 valence electrons. The van der Waals surface area contributed by atoms with Crippen LogP contribution in [0, 0.1) is 0 Å². The molecule has 0 spiro atoms.